The van der Waals surface area contributed by atoms with Gasteiger partial charge in [-0.1, -0.05) is 6.58 Å². The summed E-state index contributed by atoms with van der Waals surface area (Å²) in [6, 6.07) is 0. The Morgan fingerprint density at radius 2 is 2.12 bits per heavy atom. The average molecular weight is 140 g/mol. The lowest BCUT2D eigenvalue weighted by molar-refractivity contribution is 0.372. The molecule has 0 unspecified atom stereocenters. The lowest BCUT2D eigenvalue weighted by atomic mass is 10.7. The molecular weight excluding hydrogens is 134 g/mol. The highest BCUT2D eigenvalue weighted by molar-refractivity contribution is 7.52. The topological polar surface area (TPSA) is 57.5 Å². The molecule has 0 atom stereocenters. The van der Waals surface area contributed by atoms with Gasteiger partial charge < -0.3 is 9.79 Å². The minimum Gasteiger partial charge on any atom is -0.324 e. The highest BCUT2D eigenvalue weighted by Gasteiger charge is 2.13. The first-order chi connectivity index (χ1) is 3.42. The number of hydrogen-bond acceptors (Lipinski definition) is 1. The fourth-order valence-corrected chi connectivity index (χ4v) is 0.670. The number of hydrogen-bond donors (Lipinski definition) is 2. The summed E-state index contributed by atoms with van der Waals surface area (Å²) in [5.41, 5.74) is 0. The van der Waals surface area contributed by atoms with Gasteiger partial charge in [0.1, 0.15) is 12.0 Å². The standard InChI is InChI=1S/C3H6FO3P/c1-3(4)2-8(5,6)7/h1-2H2,(H2,5,6,7). The minimum atomic E-state index is -4.20. The van der Waals surface area contributed by atoms with E-state index < -0.39 is 19.6 Å². The summed E-state index contributed by atoms with van der Waals surface area (Å²) < 4.78 is 21.3. The van der Waals surface area contributed by atoms with E-state index in [4.69, 9.17) is 9.79 Å². The van der Waals surface area contributed by atoms with Crippen molar-refractivity contribution < 1.29 is 18.7 Å². The van der Waals surface area contributed by atoms with E-state index in [-0.39, 0.29) is 0 Å². The zero-order valence-electron chi connectivity index (χ0n) is 4.04. The summed E-state index contributed by atoms with van der Waals surface area (Å²) >= 11 is 0. The Kier molecular flexibility index (Phi) is 2.34. The maximum atomic E-state index is 11.5. The van der Waals surface area contributed by atoms with Gasteiger partial charge in [-0.15, -0.1) is 0 Å². The molecule has 0 aromatic carbocycles. The average Bonchev–Trinajstić information content (AvgIpc) is 1.21. The van der Waals surface area contributed by atoms with Crippen molar-refractivity contribution in [3.8, 4) is 0 Å². The van der Waals surface area contributed by atoms with Crippen molar-refractivity contribution in [3.63, 3.8) is 0 Å². The molecule has 0 bridgehead atoms. The summed E-state index contributed by atoms with van der Waals surface area (Å²) in [7, 11) is -4.20. The summed E-state index contributed by atoms with van der Waals surface area (Å²) in [6.07, 6.45) is -0.868. The van der Waals surface area contributed by atoms with E-state index in [9.17, 15) is 8.96 Å². The van der Waals surface area contributed by atoms with E-state index in [1.165, 1.54) is 0 Å². The molecule has 0 saturated carbocycles. The first-order valence-corrected chi connectivity index (χ1v) is 3.59. The second-order valence-corrected chi connectivity index (χ2v) is 2.99. The van der Waals surface area contributed by atoms with Gasteiger partial charge in [-0.25, -0.2) is 4.39 Å². The Labute approximate surface area is 46.0 Å². The molecule has 0 aromatic heterocycles. The Morgan fingerprint density at radius 1 is 1.75 bits per heavy atom. The van der Waals surface area contributed by atoms with Crippen molar-refractivity contribution in [2.75, 3.05) is 6.16 Å². The van der Waals surface area contributed by atoms with E-state index in [0.717, 1.165) is 0 Å². The molecule has 3 nitrogen and oxygen atoms in total. The van der Waals surface area contributed by atoms with Gasteiger partial charge in [-0.05, 0) is 0 Å². The molecule has 0 radical (unpaired) electrons. The van der Waals surface area contributed by atoms with Crippen molar-refractivity contribution in [1.29, 1.82) is 0 Å². The third-order valence-corrected chi connectivity index (χ3v) is 1.13. The molecule has 0 spiro atoms. The van der Waals surface area contributed by atoms with Gasteiger partial charge in [-0.2, -0.15) is 0 Å². The van der Waals surface area contributed by atoms with Crippen LogP contribution in [0.3, 0.4) is 0 Å². The van der Waals surface area contributed by atoms with Crippen LogP contribution >= 0.6 is 7.60 Å². The summed E-state index contributed by atoms with van der Waals surface area (Å²) in [4.78, 5) is 16.0. The van der Waals surface area contributed by atoms with Crippen LogP contribution in [-0.4, -0.2) is 15.9 Å². The molecule has 2 N–H and O–H groups in total. The third kappa shape index (κ3) is 5.82. The molecule has 0 aromatic rings. The molecule has 0 fully saturated rings. The highest BCUT2D eigenvalue weighted by Crippen LogP contribution is 2.36. The molecule has 5 heteroatoms. The number of rotatable bonds is 2. The van der Waals surface area contributed by atoms with Crippen molar-refractivity contribution in [1.82, 2.24) is 0 Å². The molecule has 48 valence electrons. The second-order valence-electron chi connectivity index (χ2n) is 1.34. The zero-order valence-corrected chi connectivity index (χ0v) is 4.94. The number of halogens is 1. The van der Waals surface area contributed by atoms with Gasteiger partial charge in [0, 0.05) is 0 Å². The Balaban J connectivity index is 3.74. The predicted molar refractivity (Wildman–Crippen MR) is 27.2 cm³/mol. The van der Waals surface area contributed by atoms with Crippen LogP contribution in [0.5, 0.6) is 0 Å². The van der Waals surface area contributed by atoms with Crippen LogP contribution in [0.2, 0.25) is 0 Å². The lowest BCUT2D eigenvalue weighted by Gasteiger charge is -1.97. The van der Waals surface area contributed by atoms with Crippen LogP contribution in [0.15, 0.2) is 12.4 Å². The molecule has 0 rings (SSSR count). The van der Waals surface area contributed by atoms with Gasteiger partial charge in [-0.3, -0.25) is 4.57 Å². The predicted octanol–water partition coefficient (Wildman–Crippen LogP) is 0.647. The third-order valence-electron chi connectivity index (χ3n) is 0.378. The summed E-state index contributed by atoms with van der Waals surface area (Å²) in [5, 5.41) is 0. The molecule has 0 aliphatic rings. The minimum absolute atomic E-state index is 0.868. The molecule has 0 aliphatic carbocycles. The van der Waals surface area contributed by atoms with Crippen LogP contribution in [0.4, 0.5) is 4.39 Å². The van der Waals surface area contributed by atoms with E-state index in [2.05, 4.69) is 6.58 Å². The fraction of sp³-hybridized carbons (Fsp3) is 0.333. The van der Waals surface area contributed by atoms with E-state index in [1.807, 2.05) is 0 Å². The van der Waals surface area contributed by atoms with Crippen LogP contribution in [0.1, 0.15) is 0 Å². The van der Waals surface area contributed by atoms with Crippen LogP contribution in [-0.2, 0) is 4.57 Å². The monoisotopic (exact) mass is 140 g/mol. The first kappa shape index (κ1) is 7.82. The summed E-state index contributed by atoms with van der Waals surface area (Å²) in [6.45, 7) is 2.68. The largest absolute Gasteiger partial charge is 0.332 e. The Bertz CT molecular complexity index is 137. The highest BCUT2D eigenvalue weighted by atomic mass is 31.2. The lowest BCUT2D eigenvalue weighted by Crippen LogP contribution is -1.85. The van der Waals surface area contributed by atoms with Crippen LogP contribution < -0.4 is 0 Å². The molecular formula is C3H6FO3P. The van der Waals surface area contributed by atoms with E-state index >= 15 is 0 Å². The van der Waals surface area contributed by atoms with Crippen molar-refractivity contribution in [2.24, 2.45) is 0 Å². The van der Waals surface area contributed by atoms with Crippen LogP contribution in [0.25, 0.3) is 0 Å². The summed E-state index contributed by atoms with van der Waals surface area (Å²) in [5.74, 6) is -0.988. The van der Waals surface area contributed by atoms with Gasteiger partial charge in [0.25, 0.3) is 0 Å². The quantitative estimate of drug-likeness (QED) is 0.553. The zero-order chi connectivity index (χ0) is 6.78. The van der Waals surface area contributed by atoms with Crippen LogP contribution in [0, 0.1) is 0 Å². The Hall–Kier alpha value is -0.180. The fourth-order valence-electron chi connectivity index (χ4n) is 0.223. The smallest absolute Gasteiger partial charge is 0.324 e. The van der Waals surface area contributed by atoms with E-state index in [0.29, 0.717) is 0 Å². The molecule has 0 aliphatic heterocycles. The van der Waals surface area contributed by atoms with Gasteiger partial charge >= 0.3 is 7.60 Å². The molecule has 0 heterocycles. The first-order valence-electron chi connectivity index (χ1n) is 1.79. The van der Waals surface area contributed by atoms with Gasteiger partial charge in [0.15, 0.2) is 0 Å². The van der Waals surface area contributed by atoms with E-state index in [1.54, 1.807) is 0 Å². The normalized spacial score (nSPS) is 11.4. The van der Waals surface area contributed by atoms with Gasteiger partial charge in [0.05, 0.1) is 0 Å². The maximum Gasteiger partial charge on any atom is 0.332 e. The van der Waals surface area contributed by atoms with Crippen molar-refractivity contribution in [2.45, 2.75) is 0 Å². The Morgan fingerprint density at radius 3 is 2.12 bits per heavy atom. The number of allylic oxidation sites excluding steroid dienone is 1. The second kappa shape index (κ2) is 2.40. The SMILES string of the molecule is C=C(F)CP(=O)(O)O. The molecule has 0 amide bonds. The molecule has 0 saturated heterocycles. The van der Waals surface area contributed by atoms with Crippen molar-refractivity contribution >= 4 is 7.60 Å². The van der Waals surface area contributed by atoms with Gasteiger partial charge in [0.2, 0.25) is 0 Å². The van der Waals surface area contributed by atoms with Crippen molar-refractivity contribution in [3.05, 3.63) is 12.4 Å². The molecule has 8 heavy (non-hydrogen) atoms. The maximum absolute atomic E-state index is 11.5.